The van der Waals surface area contributed by atoms with Gasteiger partial charge in [-0.3, -0.25) is 4.40 Å². The summed E-state index contributed by atoms with van der Waals surface area (Å²) in [4.78, 5) is 31.9. The number of imidazole rings is 1. The van der Waals surface area contributed by atoms with Crippen LogP contribution in [0.15, 0.2) is 18.6 Å². The van der Waals surface area contributed by atoms with E-state index >= 15 is 0 Å². The number of fused-ring (bicyclic) bond motifs is 1. The number of esters is 1. The van der Waals surface area contributed by atoms with E-state index < -0.39 is 5.97 Å². The number of hydrogen-bond donors (Lipinski definition) is 1. The van der Waals surface area contributed by atoms with Gasteiger partial charge in [0.15, 0.2) is 17.2 Å². The normalized spacial score (nSPS) is 14.4. The van der Waals surface area contributed by atoms with Gasteiger partial charge >= 0.3 is 5.97 Å². The second-order valence-corrected chi connectivity index (χ2v) is 6.34. The lowest BCUT2D eigenvalue weighted by molar-refractivity contribution is 0.0519. The van der Waals surface area contributed by atoms with Gasteiger partial charge in [-0.05, 0) is 13.8 Å². The Hall–Kier alpha value is -3.27. The van der Waals surface area contributed by atoms with Gasteiger partial charge < -0.3 is 20.1 Å². The first-order chi connectivity index (χ1) is 13.6. The molecule has 0 aromatic carbocycles. The summed E-state index contributed by atoms with van der Waals surface area (Å²) in [6.07, 6.45) is 5.06. The molecule has 0 unspecified atom stereocenters. The van der Waals surface area contributed by atoms with Gasteiger partial charge in [0.05, 0.1) is 31.2 Å². The zero-order valence-electron chi connectivity index (χ0n) is 15.8. The Morgan fingerprint density at radius 3 is 2.64 bits per heavy atom. The van der Waals surface area contributed by atoms with E-state index in [1.54, 1.807) is 19.3 Å². The van der Waals surface area contributed by atoms with Gasteiger partial charge in [-0.25, -0.2) is 24.7 Å². The average molecular weight is 383 g/mol. The van der Waals surface area contributed by atoms with Crippen molar-refractivity contribution in [2.24, 2.45) is 0 Å². The predicted molar refractivity (Wildman–Crippen MR) is 102 cm³/mol. The lowest BCUT2D eigenvalue weighted by atomic mass is 10.2. The molecule has 1 fully saturated rings. The van der Waals surface area contributed by atoms with Gasteiger partial charge in [-0.1, -0.05) is 0 Å². The van der Waals surface area contributed by atoms with Gasteiger partial charge in [-0.15, -0.1) is 0 Å². The summed E-state index contributed by atoms with van der Waals surface area (Å²) in [5, 5.41) is 0. The van der Waals surface area contributed by atoms with Crippen molar-refractivity contribution < 1.29 is 14.3 Å². The number of rotatable bonds is 4. The van der Waals surface area contributed by atoms with Crippen molar-refractivity contribution in [3.63, 3.8) is 0 Å². The SMILES string of the molecule is CCOC(=O)c1nc2c(N3CCOCC3)nc(-c3cnc(N)nc3)cn2c1C. The first-order valence-corrected chi connectivity index (χ1v) is 9.06. The molecular weight excluding hydrogens is 362 g/mol. The Morgan fingerprint density at radius 2 is 1.96 bits per heavy atom. The van der Waals surface area contributed by atoms with Gasteiger partial charge in [0, 0.05) is 37.2 Å². The molecule has 0 aliphatic carbocycles. The number of morpholine rings is 1. The summed E-state index contributed by atoms with van der Waals surface area (Å²) in [5.74, 6) is 0.423. The molecule has 0 atom stereocenters. The monoisotopic (exact) mass is 383 g/mol. The molecule has 3 aromatic rings. The zero-order valence-corrected chi connectivity index (χ0v) is 15.8. The fraction of sp³-hybridized carbons (Fsp3) is 0.389. The Balaban J connectivity index is 1.90. The van der Waals surface area contributed by atoms with Crippen LogP contribution in [0.2, 0.25) is 0 Å². The van der Waals surface area contributed by atoms with E-state index in [1.807, 2.05) is 17.5 Å². The van der Waals surface area contributed by atoms with E-state index in [0.29, 0.717) is 49.2 Å². The molecule has 146 valence electrons. The molecule has 28 heavy (non-hydrogen) atoms. The summed E-state index contributed by atoms with van der Waals surface area (Å²) in [5.41, 5.74) is 8.54. The molecule has 4 heterocycles. The third-order valence-electron chi connectivity index (χ3n) is 4.57. The zero-order chi connectivity index (χ0) is 19.7. The van der Waals surface area contributed by atoms with Crippen molar-refractivity contribution in [1.82, 2.24) is 24.3 Å². The van der Waals surface area contributed by atoms with Crippen LogP contribution >= 0.6 is 0 Å². The van der Waals surface area contributed by atoms with E-state index in [0.717, 1.165) is 5.56 Å². The van der Waals surface area contributed by atoms with Crippen LogP contribution in [0.4, 0.5) is 11.8 Å². The third kappa shape index (κ3) is 3.22. The Morgan fingerprint density at radius 1 is 1.25 bits per heavy atom. The van der Waals surface area contributed by atoms with Crippen LogP contribution in [0.5, 0.6) is 0 Å². The molecule has 1 aliphatic heterocycles. The lowest BCUT2D eigenvalue weighted by Gasteiger charge is -2.28. The first kappa shape index (κ1) is 18.1. The average Bonchev–Trinajstić information content (AvgIpc) is 3.05. The minimum Gasteiger partial charge on any atom is -0.461 e. The van der Waals surface area contributed by atoms with Gasteiger partial charge in [-0.2, -0.15) is 0 Å². The molecule has 1 aliphatic rings. The van der Waals surface area contributed by atoms with Gasteiger partial charge in [0.2, 0.25) is 5.95 Å². The highest BCUT2D eigenvalue weighted by atomic mass is 16.5. The molecule has 2 N–H and O–H groups in total. The molecule has 0 saturated carbocycles. The number of ether oxygens (including phenoxy) is 2. The number of hydrogen-bond acceptors (Lipinski definition) is 9. The van der Waals surface area contributed by atoms with Crippen molar-refractivity contribution in [2.45, 2.75) is 13.8 Å². The van der Waals surface area contributed by atoms with E-state index in [1.165, 1.54) is 0 Å². The van der Waals surface area contributed by atoms with Gasteiger partial charge in [0.1, 0.15) is 0 Å². The summed E-state index contributed by atoms with van der Waals surface area (Å²) in [6.45, 7) is 6.47. The van der Waals surface area contributed by atoms with Crippen LogP contribution in [-0.4, -0.2) is 63.2 Å². The third-order valence-corrected chi connectivity index (χ3v) is 4.57. The lowest BCUT2D eigenvalue weighted by Crippen LogP contribution is -2.37. The Kier molecular flexibility index (Phi) is 4.78. The van der Waals surface area contributed by atoms with Crippen LogP contribution in [0.25, 0.3) is 16.9 Å². The van der Waals surface area contributed by atoms with Crippen molar-refractivity contribution in [1.29, 1.82) is 0 Å². The first-order valence-electron chi connectivity index (χ1n) is 9.06. The van der Waals surface area contributed by atoms with Gasteiger partial charge in [0.25, 0.3) is 0 Å². The molecule has 0 bridgehead atoms. The smallest absolute Gasteiger partial charge is 0.358 e. The number of anilines is 2. The molecule has 0 amide bonds. The van der Waals surface area contributed by atoms with Crippen molar-refractivity contribution >= 4 is 23.4 Å². The van der Waals surface area contributed by atoms with E-state index in [-0.39, 0.29) is 18.2 Å². The molecular formula is C18H21N7O3. The molecule has 3 aromatic heterocycles. The number of aromatic nitrogens is 5. The second kappa shape index (κ2) is 7.39. The fourth-order valence-corrected chi connectivity index (χ4v) is 3.13. The highest BCUT2D eigenvalue weighted by molar-refractivity contribution is 5.90. The second-order valence-electron chi connectivity index (χ2n) is 6.34. The number of carbonyl (C=O) groups excluding carboxylic acids is 1. The van der Waals surface area contributed by atoms with Crippen LogP contribution in [-0.2, 0) is 9.47 Å². The van der Waals surface area contributed by atoms with Crippen LogP contribution in [0, 0.1) is 6.92 Å². The maximum absolute atomic E-state index is 12.3. The highest BCUT2D eigenvalue weighted by Crippen LogP contribution is 2.27. The van der Waals surface area contributed by atoms with Crippen molar-refractivity contribution in [3.05, 3.63) is 30.0 Å². The number of nitrogens with zero attached hydrogens (tertiary/aromatic N) is 6. The maximum atomic E-state index is 12.3. The maximum Gasteiger partial charge on any atom is 0.358 e. The van der Waals surface area contributed by atoms with Crippen LogP contribution in [0.1, 0.15) is 23.1 Å². The quantitative estimate of drug-likeness (QED) is 0.660. The highest BCUT2D eigenvalue weighted by Gasteiger charge is 2.24. The summed E-state index contributed by atoms with van der Waals surface area (Å²) < 4.78 is 12.5. The molecule has 0 radical (unpaired) electrons. The van der Waals surface area contributed by atoms with Crippen molar-refractivity contribution in [3.8, 4) is 11.3 Å². The molecule has 1 saturated heterocycles. The number of carbonyl (C=O) groups is 1. The minimum atomic E-state index is -0.450. The van der Waals surface area contributed by atoms with Crippen molar-refractivity contribution in [2.75, 3.05) is 43.5 Å². The largest absolute Gasteiger partial charge is 0.461 e. The number of aryl methyl sites for hydroxylation is 1. The molecule has 10 heteroatoms. The minimum absolute atomic E-state index is 0.196. The fourth-order valence-electron chi connectivity index (χ4n) is 3.13. The predicted octanol–water partition coefficient (Wildman–Crippen LogP) is 1.09. The molecule has 4 rings (SSSR count). The summed E-state index contributed by atoms with van der Waals surface area (Å²) in [7, 11) is 0. The standard InChI is InChI=1S/C18H21N7O3/c1-3-28-17(26)14-11(2)25-10-13(12-8-20-18(19)21-9-12)22-15(16(25)23-14)24-4-6-27-7-5-24/h8-10H,3-7H2,1-2H3,(H2,19,20,21). The summed E-state index contributed by atoms with van der Waals surface area (Å²) >= 11 is 0. The van der Waals surface area contributed by atoms with E-state index in [4.69, 9.17) is 20.2 Å². The molecule has 10 nitrogen and oxygen atoms in total. The molecule has 0 spiro atoms. The number of nitrogen functional groups attached to an aromatic ring is 1. The Labute approximate surface area is 161 Å². The number of nitrogens with two attached hydrogens (primary N) is 1. The van der Waals surface area contributed by atoms with Crippen LogP contribution < -0.4 is 10.6 Å². The van der Waals surface area contributed by atoms with Crippen LogP contribution in [0.3, 0.4) is 0 Å². The topological polar surface area (TPSA) is 121 Å². The Bertz CT molecular complexity index is 1010. The summed E-state index contributed by atoms with van der Waals surface area (Å²) in [6, 6.07) is 0. The van der Waals surface area contributed by atoms with E-state index in [2.05, 4.69) is 19.9 Å². The van der Waals surface area contributed by atoms with E-state index in [9.17, 15) is 4.79 Å².